The fourth-order valence-corrected chi connectivity index (χ4v) is 4.05. The molecule has 0 bridgehead atoms. The summed E-state index contributed by atoms with van der Waals surface area (Å²) >= 11 is 5.26. The molecule has 2 aromatic carbocycles. The van der Waals surface area contributed by atoms with E-state index in [0.717, 1.165) is 33.8 Å². The van der Waals surface area contributed by atoms with E-state index in [1.807, 2.05) is 30.3 Å². The Morgan fingerprint density at radius 1 is 1.09 bits per heavy atom. The van der Waals surface area contributed by atoms with Crippen molar-refractivity contribution in [3.8, 4) is 16.3 Å². The smallest absolute Gasteiger partial charge is 0.123 e. The van der Waals surface area contributed by atoms with Gasteiger partial charge in [-0.05, 0) is 31.0 Å². The Kier molecular flexibility index (Phi) is 5.47. The van der Waals surface area contributed by atoms with Crippen LogP contribution in [0.2, 0.25) is 0 Å². The molecule has 2 nitrogen and oxygen atoms in total. The summed E-state index contributed by atoms with van der Waals surface area (Å²) in [6, 6.07) is 18.4. The molecular weight excluding hydrogens is 370 g/mol. The average molecular weight is 388 g/mol. The molecule has 1 heterocycles. The third-order valence-electron chi connectivity index (χ3n) is 3.54. The number of benzene rings is 2. The quantitative estimate of drug-likeness (QED) is 0.510. The van der Waals surface area contributed by atoms with Crippen LogP contribution in [0.15, 0.2) is 54.6 Å². The van der Waals surface area contributed by atoms with Gasteiger partial charge in [0.1, 0.15) is 17.4 Å². The summed E-state index contributed by atoms with van der Waals surface area (Å²) in [5, 5.41) is 2.03. The van der Waals surface area contributed by atoms with E-state index < -0.39 is 0 Å². The van der Waals surface area contributed by atoms with E-state index in [0.29, 0.717) is 6.61 Å². The molecule has 0 N–H and O–H groups in total. The Labute approximate surface area is 149 Å². The summed E-state index contributed by atoms with van der Waals surface area (Å²) < 4.78 is 5.91. The summed E-state index contributed by atoms with van der Waals surface area (Å²) in [5.74, 6) is 0.876. The predicted molar refractivity (Wildman–Crippen MR) is 101 cm³/mol. The van der Waals surface area contributed by atoms with Gasteiger partial charge < -0.3 is 4.74 Å². The number of thiazole rings is 1. The molecule has 0 aliphatic carbocycles. The zero-order valence-corrected chi connectivity index (χ0v) is 15.4. The number of hydrogen-bond donors (Lipinski definition) is 0. The van der Waals surface area contributed by atoms with Crippen molar-refractivity contribution in [1.29, 1.82) is 0 Å². The van der Waals surface area contributed by atoms with E-state index >= 15 is 0 Å². The third-order valence-corrected chi connectivity index (χ3v) is 5.21. The molecule has 0 aliphatic rings. The van der Waals surface area contributed by atoms with Gasteiger partial charge >= 0.3 is 0 Å². The number of alkyl halides is 1. The van der Waals surface area contributed by atoms with Crippen molar-refractivity contribution in [3.63, 3.8) is 0 Å². The second-order valence-corrected chi connectivity index (χ2v) is 7.15. The number of rotatable bonds is 6. The van der Waals surface area contributed by atoms with Crippen LogP contribution >= 0.6 is 27.3 Å². The van der Waals surface area contributed by atoms with Gasteiger partial charge in [-0.3, -0.25) is 0 Å². The topological polar surface area (TPSA) is 22.1 Å². The van der Waals surface area contributed by atoms with Crippen molar-refractivity contribution in [2.75, 3.05) is 5.33 Å². The van der Waals surface area contributed by atoms with Gasteiger partial charge in [-0.15, -0.1) is 11.3 Å². The molecule has 118 valence electrons. The van der Waals surface area contributed by atoms with Gasteiger partial charge in [0.05, 0.1) is 5.69 Å². The summed E-state index contributed by atoms with van der Waals surface area (Å²) in [7, 11) is 0. The fourth-order valence-electron chi connectivity index (χ4n) is 2.33. The molecule has 0 aliphatic heterocycles. The van der Waals surface area contributed by atoms with E-state index in [4.69, 9.17) is 9.72 Å². The zero-order chi connectivity index (χ0) is 16.1. The molecule has 3 rings (SSSR count). The normalized spacial score (nSPS) is 10.7. The summed E-state index contributed by atoms with van der Waals surface area (Å²) in [5.41, 5.74) is 3.41. The van der Waals surface area contributed by atoms with Crippen LogP contribution in [0.5, 0.6) is 5.75 Å². The Balaban J connectivity index is 1.75. The molecule has 0 radical (unpaired) electrons. The lowest BCUT2D eigenvalue weighted by Crippen LogP contribution is -1.94. The minimum atomic E-state index is 0.579. The molecular formula is C19H18BrNOS. The maximum Gasteiger partial charge on any atom is 0.123 e. The number of aryl methyl sites for hydroxylation is 2. The summed E-state index contributed by atoms with van der Waals surface area (Å²) in [6.07, 6.45) is 1.02. The number of hydrogen-bond acceptors (Lipinski definition) is 3. The number of halogens is 1. The van der Waals surface area contributed by atoms with Gasteiger partial charge in [-0.2, -0.15) is 0 Å². The Hall–Kier alpha value is -1.65. The minimum absolute atomic E-state index is 0.579. The lowest BCUT2D eigenvalue weighted by atomic mass is 10.2. The van der Waals surface area contributed by atoms with Crippen LogP contribution in [0.1, 0.15) is 16.1 Å². The van der Waals surface area contributed by atoms with Crippen molar-refractivity contribution in [2.45, 2.75) is 20.0 Å². The van der Waals surface area contributed by atoms with E-state index in [-0.39, 0.29) is 0 Å². The molecule has 1 aromatic heterocycles. The van der Waals surface area contributed by atoms with E-state index in [2.05, 4.69) is 47.1 Å². The first-order valence-corrected chi connectivity index (χ1v) is 9.49. The highest BCUT2D eigenvalue weighted by Crippen LogP contribution is 2.30. The standard InChI is InChI=1S/C19H18BrNOS/c1-14-18(10-11-20)23-19(21-14)16-8-5-9-17(12-16)22-13-15-6-3-2-4-7-15/h2-9,12H,10-11,13H2,1H3. The maximum absolute atomic E-state index is 5.91. The minimum Gasteiger partial charge on any atom is -0.489 e. The second kappa shape index (κ2) is 7.75. The maximum atomic E-state index is 5.91. The van der Waals surface area contributed by atoms with E-state index in [9.17, 15) is 0 Å². The van der Waals surface area contributed by atoms with Gasteiger partial charge in [-0.1, -0.05) is 58.4 Å². The van der Waals surface area contributed by atoms with Gasteiger partial charge in [0.25, 0.3) is 0 Å². The fraction of sp³-hybridized carbons (Fsp3) is 0.211. The number of nitrogens with zero attached hydrogens (tertiary/aromatic N) is 1. The molecule has 4 heteroatoms. The van der Waals surface area contributed by atoms with Crippen LogP contribution in [-0.2, 0) is 13.0 Å². The largest absolute Gasteiger partial charge is 0.489 e. The monoisotopic (exact) mass is 387 g/mol. The Bertz CT molecular complexity index is 770. The highest BCUT2D eigenvalue weighted by Gasteiger charge is 2.09. The van der Waals surface area contributed by atoms with Gasteiger partial charge in [0.15, 0.2) is 0 Å². The van der Waals surface area contributed by atoms with Gasteiger partial charge in [0, 0.05) is 15.8 Å². The first-order valence-electron chi connectivity index (χ1n) is 7.55. The van der Waals surface area contributed by atoms with Crippen LogP contribution in [0.3, 0.4) is 0 Å². The molecule has 0 atom stereocenters. The van der Waals surface area contributed by atoms with E-state index in [1.54, 1.807) is 11.3 Å². The van der Waals surface area contributed by atoms with Crippen LogP contribution in [0.25, 0.3) is 10.6 Å². The molecule has 0 fully saturated rings. The van der Waals surface area contributed by atoms with Crippen molar-refractivity contribution >= 4 is 27.3 Å². The first kappa shape index (κ1) is 16.2. The predicted octanol–water partition coefficient (Wildman–Crippen LogP) is 5.63. The molecule has 23 heavy (non-hydrogen) atoms. The van der Waals surface area contributed by atoms with Crippen LogP contribution in [-0.4, -0.2) is 10.3 Å². The number of aromatic nitrogens is 1. The first-order chi connectivity index (χ1) is 11.3. The molecule has 0 amide bonds. The van der Waals surface area contributed by atoms with Crippen molar-refractivity contribution < 1.29 is 4.74 Å². The molecule has 3 aromatic rings. The Morgan fingerprint density at radius 3 is 2.70 bits per heavy atom. The van der Waals surface area contributed by atoms with Crippen LogP contribution in [0, 0.1) is 6.92 Å². The highest BCUT2D eigenvalue weighted by molar-refractivity contribution is 9.09. The second-order valence-electron chi connectivity index (χ2n) is 5.27. The highest BCUT2D eigenvalue weighted by atomic mass is 79.9. The molecule has 0 saturated heterocycles. The zero-order valence-electron chi connectivity index (χ0n) is 13.0. The van der Waals surface area contributed by atoms with Gasteiger partial charge in [0.2, 0.25) is 0 Å². The van der Waals surface area contributed by atoms with Gasteiger partial charge in [-0.25, -0.2) is 4.98 Å². The van der Waals surface area contributed by atoms with Crippen molar-refractivity contribution in [3.05, 3.63) is 70.7 Å². The SMILES string of the molecule is Cc1nc(-c2cccc(OCc3ccccc3)c2)sc1CCBr. The summed E-state index contributed by atoms with van der Waals surface area (Å²) in [4.78, 5) is 6.04. The molecule has 0 unspecified atom stereocenters. The van der Waals surface area contributed by atoms with Crippen LogP contribution in [0.4, 0.5) is 0 Å². The average Bonchev–Trinajstić information content (AvgIpc) is 2.96. The van der Waals surface area contributed by atoms with Crippen LogP contribution < -0.4 is 4.74 Å². The molecule has 0 spiro atoms. The van der Waals surface area contributed by atoms with Crippen molar-refractivity contribution in [1.82, 2.24) is 4.98 Å². The third kappa shape index (κ3) is 4.21. The summed E-state index contributed by atoms with van der Waals surface area (Å²) in [6.45, 7) is 2.66. The number of ether oxygens (including phenoxy) is 1. The lowest BCUT2D eigenvalue weighted by Gasteiger charge is -2.07. The lowest BCUT2D eigenvalue weighted by molar-refractivity contribution is 0.306. The molecule has 0 saturated carbocycles. The Morgan fingerprint density at radius 2 is 1.91 bits per heavy atom. The van der Waals surface area contributed by atoms with Crippen molar-refractivity contribution in [2.24, 2.45) is 0 Å². The van der Waals surface area contributed by atoms with E-state index in [1.165, 1.54) is 10.4 Å².